The van der Waals surface area contributed by atoms with E-state index in [2.05, 4.69) is 4.74 Å². The van der Waals surface area contributed by atoms with E-state index in [1.165, 1.54) is 13.1 Å². The van der Waals surface area contributed by atoms with Crippen LogP contribution in [0.5, 0.6) is 0 Å². The lowest BCUT2D eigenvalue weighted by Gasteiger charge is -2.25. The molecule has 0 aliphatic heterocycles. The summed E-state index contributed by atoms with van der Waals surface area (Å²) in [7, 11) is -4.60. The van der Waals surface area contributed by atoms with Crippen LogP contribution >= 0.6 is 0 Å². The second-order valence-electron chi connectivity index (χ2n) is 6.48. The fraction of sp³-hybridized carbons (Fsp3) is 0.467. The van der Waals surface area contributed by atoms with E-state index in [1.54, 1.807) is 20.8 Å². The topological polar surface area (TPSA) is 139 Å². The molecule has 0 unspecified atom stereocenters. The fourth-order valence-electron chi connectivity index (χ4n) is 1.72. The van der Waals surface area contributed by atoms with Crippen molar-refractivity contribution in [1.29, 1.82) is 0 Å². The average molecular weight is 409 g/mol. The van der Waals surface area contributed by atoms with Gasteiger partial charge in [-0.15, -0.1) is 0 Å². The molecule has 12 heteroatoms. The van der Waals surface area contributed by atoms with Crippen molar-refractivity contribution in [1.82, 2.24) is 0 Å². The highest BCUT2D eigenvalue weighted by Gasteiger charge is 2.39. The molecule has 0 fully saturated rings. The second kappa shape index (κ2) is 7.64. The van der Waals surface area contributed by atoms with E-state index in [0.717, 1.165) is 17.0 Å². The van der Waals surface area contributed by atoms with Crippen molar-refractivity contribution in [2.75, 3.05) is 24.3 Å². The first-order valence-corrected chi connectivity index (χ1v) is 8.82. The van der Waals surface area contributed by atoms with Crippen LogP contribution < -0.4 is 10.6 Å². The number of alkyl halides is 2. The molecule has 0 spiro atoms. The maximum Gasteiger partial charge on any atom is 0.414 e. The van der Waals surface area contributed by atoms with E-state index < -0.39 is 39.6 Å². The first-order valence-electron chi connectivity index (χ1n) is 7.42. The Hall–Kier alpha value is -2.47. The molecule has 1 aromatic carbocycles. The van der Waals surface area contributed by atoms with Gasteiger partial charge in [0.25, 0.3) is 0 Å². The van der Waals surface area contributed by atoms with Crippen LogP contribution in [0.15, 0.2) is 18.2 Å². The number of halogens is 2. The summed E-state index contributed by atoms with van der Waals surface area (Å²) in [6.07, 6.45) is -0.718. The predicted octanol–water partition coefficient (Wildman–Crippen LogP) is 1.93. The highest BCUT2D eigenvalue weighted by atomic mass is 32.2. The average Bonchev–Trinajstić information content (AvgIpc) is 2.49. The number of hydrogen-bond donors (Lipinski definition) is 1. The molecule has 0 saturated heterocycles. The minimum atomic E-state index is -5.97. The zero-order chi connectivity index (χ0) is 21.2. The lowest BCUT2D eigenvalue weighted by atomic mass is 10.1. The number of esters is 1. The van der Waals surface area contributed by atoms with Gasteiger partial charge in [-0.2, -0.15) is 8.78 Å². The number of nitrogens with zero attached hydrogens (tertiary/aromatic N) is 1. The molecule has 0 bridgehead atoms. The van der Waals surface area contributed by atoms with E-state index >= 15 is 0 Å². The summed E-state index contributed by atoms with van der Waals surface area (Å²) in [5.41, 5.74) is 4.83. The molecule has 27 heavy (non-hydrogen) atoms. The Bertz CT molecular complexity index is 835. The summed E-state index contributed by atoms with van der Waals surface area (Å²) in [6.45, 7) is 3.06. The fourth-order valence-corrected chi connectivity index (χ4v) is 1.92. The Kier molecular flexibility index (Phi) is 6.39. The van der Waals surface area contributed by atoms with Gasteiger partial charge in [-0.05, 0) is 39.0 Å². The standard InChI is InChI=1S/C15H20F2N2O7S/c1-14(2,3)26-13(21)19(4)11-6-5-9(7-10(11)18)12(20)25-8-15(16,17)27(22,23)24/h5-7H,8,18H2,1-4H3,(H,22,23,24)/p-1. The molecule has 0 radical (unpaired) electrons. The van der Waals surface area contributed by atoms with E-state index in [-0.39, 0.29) is 16.9 Å². The van der Waals surface area contributed by atoms with Crippen molar-refractivity contribution >= 4 is 33.6 Å². The van der Waals surface area contributed by atoms with Crippen molar-refractivity contribution in [3.05, 3.63) is 23.8 Å². The monoisotopic (exact) mass is 409 g/mol. The lowest BCUT2D eigenvalue weighted by Crippen LogP contribution is -2.35. The SMILES string of the molecule is CN(C(=O)OC(C)(C)C)c1ccc(C(=O)OCC(F)(F)S(=O)(=O)[O-])cc1N. The summed E-state index contributed by atoms with van der Waals surface area (Å²) >= 11 is 0. The van der Waals surface area contributed by atoms with Gasteiger partial charge in [0.05, 0.1) is 16.9 Å². The van der Waals surface area contributed by atoms with Gasteiger partial charge in [-0.25, -0.2) is 18.0 Å². The van der Waals surface area contributed by atoms with Gasteiger partial charge < -0.3 is 19.8 Å². The van der Waals surface area contributed by atoms with Crippen molar-refractivity contribution in [3.8, 4) is 0 Å². The van der Waals surface area contributed by atoms with Crippen molar-refractivity contribution < 1.29 is 40.8 Å². The third-order valence-corrected chi connectivity index (χ3v) is 3.88. The van der Waals surface area contributed by atoms with E-state index in [1.807, 2.05) is 0 Å². The van der Waals surface area contributed by atoms with Crippen molar-refractivity contribution in [2.24, 2.45) is 0 Å². The van der Waals surface area contributed by atoms with Crippen LogP contribution in [-0.4, -0.2) is 49.5 Å². The molecular formula is C15H19F2N2O7S-. The van der Waals surface area contributed by atoms with Gasteiger partial charge in [-0.3, -0.25) is 4.90 Å². The van der Waals surface area contributed by atoms with Crippen LogP contribution in [0, 0.1) is 0 Å². The lowest BCUT2D eigenvalue weighted by molar-refractivity contribution is -0.00996. The molecule has 0 atom stereocenters. The van der Waals surface area contributed by atoms with Crippen molar-refractivity contribution in [2.45, 2.75) is 31.6 Å². The van der Waals surface area contributed by atoms with Gasteiger partial charge in [0.1, 0.15) is 5.60 Å². The molecule has 0 aliphatic carbocycles. The highest BCUT2D eigenvalue weighted by molar-refractivity contribution is 7.86. The van der Waals surface area contributed by atoms with Crippen LogP contribution in [0.4, 0.5) is 25.0 Å². The number of rotatable bonds is 5. The predicted molar refractivity (Wildman–Crippen MR) is 90.4 cm³/mol. The summed E-state index contributed by atoms with van der Waals surface area (Å²) in [4.78, 5) is 24.9. The summed E-state index contributed by atoms with van der Waals surface area (Å²) in [6, 6.07) is 3.42. The third-order valence-electron chi connectivity index (χ3n) is 3.03. The Balaban J connectivity index is 2.92. The zero-order valence-electron chi connectivity index (χ0n) is 15.0. The van der Waals surface area contributed by atoms with Gasteiger partial charge in [0.2, 0.25) is 0 Å². The van der Waals surface area contributed by atoms with Gasteiger partial charge in [-0.1, -0.05) is 0 Å². The maximum absolute atomic E-state index is 13.0. The molecule has 0 heterocycles. The van der Waals surface area contributed by atoms with Crippen LogP contribution in [0.2, 0.25) is 0 Å². The number of ether oxygens (including phenoxy) is 2. The largest absolute Gasteiger partial charge is 0.743 e. The number of hydrogen-bond acceptors (Lipinski definition) is 8. The number of anilines is 2. The Morgan fingerprint density at radius 1 is 1.26 bits per heavy atom. The van der Waals surface area contributed by atoms with Crippen LogP contribution in [0.1, 0.15) is 31.1 Å². The number of carbonyl (C=O) groups is 2. The third kappa shape index (κ3) is 6.03. The van der Waals surface area contributed by atoms with Gasteiger partial charge in [0.15, 0.2) is 16.7 Å². The first kappa shape index (κ1) is 22.6. The molecule has 1 aromatic rings. The van der Waals surface area contributed by atoms with Crippen LogP contribution in [0.25, 0.3) is 0 Å². The molecule has 9 nitrogen and oxygen atoms in total. The second-order valence-corrected chi connectivity index (χ2v) is 7.99. The van der Waals surface area contributed by atoms with Crippen molar-refractivity contribution in [3.63, 3.8) is 0 Å². The number of nitrogens with two attached hydrogens (primary N) is 1. The maximum atomic E-state index is 13.0. The Morgan fingerprint density at radius 3 is 2.26 bits per heavy atom. The normalized spacial score (nSPS) is 12.4. The molecule has 0 aromatic heterocycles. The molecule has 152 valence electrons. The molecule has 2 N–H and O–H groups in total. The summed E-state index contributed by atoms with van der Waals surface area (Å²) in [5, 5.41) is -4.76. The van der Waals surface area contributed by atoms with Gasteiger partial charge >= 0.3 is 17.3 Å². The smallest absolute Gasteiger partial charge is 0.414 e. The highest BCUT2D eigenvalue weighted by Crippen LogP contribution is 2.26. The quantitative estimate of drug-likeness (QED) is 0.442. The number of carbonyl (C=O) groups excluding carboxylic acids is 2. The minimum Gasteiger partial charge on any atom is -0.743 e. The number of nitrogen functional groups attached to an aromatic ring is 1. The van der Waals surface area contributed by atoms with E-state index in [9.17, 15) is 31.3 Å². The Morgan fingerprint density at radius 2 is 1.81 bits per heavy atom. The van der Waals surface area contributed by atoms with Crippen LogP contribution in [0.3, 0.4) is 0 Å². The van der Waals surface area contributed by atoms with Crippen LogP contribution in [-0.2, 0) is 19.6 Å². The summed E-state index contributed by atoms with van der Waals surface area (Å²) in [5.74, 6) is -1.32. The minimum absolute atomic E-state index is 0.0685. The zero-order valence-corrected chi connectivity index (χ0v) is 15.8. The van der Waals surface area contributed by atoms with E-state index in [0.29, 0.717) is 0 Å². The van der Waals surface area contributed by atoms with E-state index in [4.69, 9.17) is 10.5 Å². The molecule has 1 amide bonds. The number of benzene rings is 1. The molecule has 0 saturated carbocycles. The Labute approximate surface area is 154 Å². The molecule has 1 rings (SSSR count). The first-order chi connectivity index (χ1) is 12.0. The number of amides is 1. The molecule has 0 aliphatic rings. The van der Waals surface area contributed by atoms with Gasteiger partial charge in [0, 0.05) is 7.05 Å². The summed E-state index contributed by atoms with van der Waals surface area (Å²) < 4.78 is 66.5. The molecular weight excluding hydrogens is 390 g/mol.